The number of rotatable bonds is 4. The fourth-order valence-electron chi connectivity index (χ4n) is 3.19. The minimum atomic E-state index is -0.212. The minimum Gasteiger partial charge on any atom is -0.363 e. The smallest absolute Gasteiger partial charge is 0.271 e. The van der Waals surface area contributed by atoms with Crippen LogP contribution >= 0.6 is 31.9 Å². The topological polar surface area (TPSA) is 44.7 Å². The maximum Gasteiger partial charge on any atom is 0.271 e. The van der Waals surface area contributed by atoms with Gasteiger partial charge in [-0.05, 0) is 65.2 Å². The molecule has 0 bridgehead atoms. The normalized spacial score (nSPS) is 13.0. The van der Waals surface area contributed by atoms with Crippen molar-refractivity contribution in [2.45, 2.75) is 13.1 Å². The Balaban J connectivity index is 1.43. The Hall–Kier alpha value is -2.44. The van der Waals surface area contributed by atoms with E-state index in [-0.39, 0.29) is 5.91 Å². The van der Waals surface area contributed by atoms with Crippen molar-refractivity contribution in [1.29, 1.82) is 0 Å². The Bertz CT molecular complexity index is 1050. The Morgan fingerprint density at radius 1 is 0.929 bits per heavy atom. The zero-order chi connectivity index (χ0) is 19.5. The van der Waals surface area contributed by atoms with Gasteiger partial charge in [-0.1, -0.05) is 50.1 Å². The zero-order valence-corrected chi connectivity index (χ0v) is 18.1. The SMILES string of the molecule is O=C(N/N=C/c1cccc(Br)c1)c1ccc2c(c1)CN(c1ccc(Br)cc1)C2. The highest BCUT2D eigenvalue weighted by Crippen LogP contribution is 2.29. The summed E-state index contributed by atoms with van der Waals surface area (Å²) in [6, 6.07) is 21.8. The van der Waals surface area contributed by atoms with Crippen molar-refractivity contribution < 1.29 is 4.79 Å². The number of carbonyl (C=O) groups is 1. The highest BCUT2D eigenvalue weighted by atomic mass is 79.9. The van der Waals surface area contributed by atoms with Crippen LogP contribution in [0.3, 0.4) is 0 Å². The fourth-order valence-corrected chi connectivity index (χ4v) is 3.87. The number of hydrogen-bond acceptors (Lipinski definition) is 3. The van der Waals surface area contributed by atoms with Crippen LogP contribution in [0.15, 0.2) is 80.8 Å². The molecule has 6 heteroatoms. The highest BCUT2D eigenvalue weighted by molar-refractivity contribution is 9.10. The number of nitrogens with one attached hydrogen (secondary N) is 1. The number of halogens is 2. The van der Waals surface area contributed by atoms with Crippen molar-refractivity contribution >= 4 is 49.7 Å². The fraction of sp³-hybridized carbons (Fsp3) is 0.0909. The van der Waals surface area contributed by atoms with Crippen molar-refractivity contribution in [2.75, 3.05) is 4.90 Å². The van der Waals surface area contributed by atoms with Gasteiger partial charge in [0.1, 0.15) is 0 Å². The van der Waals surface area contributed by atoms with Crippen LogP contribution in [0.1, 0.15) is 27.0 Å². The Kier molecular flexibility index (Phi) is 5.59. The van der Waals surface area contributed by atoms with Crippen LogP contribution in [-0.4, -0.2) is 12.1 Å². The lowest BCUT2D eigenvalue weighted by Gasteiger charge is -2.17. The molecule has 0 saturated carbocycles. The van der Waals surface area contributed by atoms with E-state index in [1.807, 2.05) is 54.6 Å². The van der Waals surface area contributed by atoms with Crippen LogP contribution < -0.4 is 10.3 Å². The summed E-state index contributed by atoms with van der Waals surface area (Å²) < 4.78 is 2.03. The molecule has 4 nitrogen and oxygen atoms in total. The molecule has 3 aromatic carbocycles. The lowest BCUT2D eigenvalue weighted by Crippen LogP contribution is -2.17. The van der Waals surface area contributed by atoms with Gasteiger partial charge in [-0.2, -0.15) is 5.10 Å². The van der Waals surface area contributed by atoms with Gasteiger partial charge in [0.05, 0.1) is 6.21 Å². The van der Waals surface area contributed by atoms with Crippen molar-refractivity contribution in [3.05, 3.63) is 97.9 Å². The molecule has 4 rings (SSSR count). The number of amides is 1. The Morgan fingerprint density at radius 2 is 1.71 bits per heavy atom. The largest absolute Gasteiger partial charge is 0.363 e. The molecule has 1 N–H and O–H groups in total. The second kappa shape index (κ2) is 8.29. The van der Waals surface area contributed by atoms with E-state index in [2.05, 4.69) is 59.4 Å². The van der Waals surface area contributed by atoms with Crippen LogP contribution in [0.25, 0.3) is 0 Å². The van der Waals surface area contributed by atoms with Crippen molar-refractivity contribution in [2.24, 2.45) is 5.10 Å². The molecule has 0 saturated heterocycles. The highest BCUT2D eigenvalue weighted by Gasteiger charge is 2.20. The van der Waals surface area contributed by atoms with Crippen molar-refractivity contribution in [1.82, 2.24) is 5.43 Å². The average molecular weight is 499 g/mol. The second-order valence-electron chi connectivity index (χ2n) is 6.57. The molecule has 0 aromatic heterocycles. The Morgan fingerprint density at radius 3 is 2.50 bits per heavy atom. The van der Waals surface area contributed by atoms with E-state index in [9.17, 15) is 4.79 Å². The first-order valence-electron chi connectivity index (χ1n) is 8.80. The number of hydrogen-bond donors (Lipinski definition) is 1. The van der Waals surface area contributed by atoms with Gasteiger partial charge in [-0.15, -0.1) is 0 Å². The first-order valence-corrected chi connectivity index (χ1v) is 10.4. The van der Waals surface area contributed by atoms with Gasteiger partial charge in [0.25, 0.3) is 5.91 Å². The van der Waals surface area contributed by atoms with Crippen molar-refractivity contribution in [3.8, 4) is 0 Å². The van der Waals surface area contributed by atoms with E-state index in [1.165, 1.54) is 16.8 Å². The van der Waals surface area contributed by atoms with Gasteiger partial charge in [0, 0.05) is 33.3 Å². The number of benzene rings is 3. The summed E-state index contributed by atoms with van der Waals surface area (Å²) in [5.74, 6) is -0.212. The van der Waals surface area contributed by atoms with Gasteiger partial charge in [0.2, 0.25) is 0 Å². The Labute approximate surface area is 180 Å². The maximum atomic E-state index is 12.4. The molecule has 1 amide bonds. The third-order valence-corrected chi connectivity index (χ3v) is 5.63. The predicted octanol–water partition coefficient (Wildman–Crippen LogP) is 5.50. The molecule has 28 heavy (non-hydrogen) atoms. The zero-order valence-electron chi connectivity index (χ0n) is 14.9. The van der Waals surface area contributed by atoms with Crippen LogP contribution in [0.5, 0.6) is 0 Å². The van der Waals surface area contributed by atoms with E-state index in [0.29, 0.717) is 5.56 Å². The van der Waals surface area contributed by atoms with Crippen LogP contribution in [-0.2, 0) is 13.1 Å². The van der Waals surface area contributed by atoms with Gasteiger partial charge in [-0.25, -0.2) is 5.43 Å². The second-order valence-corrected chi connectivity index (χ2v) is 8.40. The van der Waals surface area contributed by atoms with Crippen LogP contribution in [0, 0.1) is 0 Å². The van der Waals surface area contributed by atoms with Crippen LogP contribution in [0.4, 0.5) is 5.69 Å². The molecule has 140 valence electrons. The molecule has 0 unspecified atom stereocenters. The summed E-state index contributed by atoms with van der Waals surface area (Å²) in [5, 5.41) is 4.06. The molecule has 0 spiro atoms. The standard InChI is InChI=1S/C22H17Br2N3O/c23-19-6-8-21(9-7-19)27-13-17-5-4-16(11-18(17)14-27)22(28)26-25-12-15-2-1-3-20(24)10-15/h1-12H,13-14H2,(H,26,28)/b25-12+. The molecule has 1 aliphatic rings. The first kappa shape index (κ1) is 18.9. The number of carbonyl (C=O) groups excluding carboxylic acids is 1. The quantitative estimate of drug-likeness (QED) is 0.381. The maximum absolute atomic E-state index is 12.4. The number of fused-ring (bicyclic) bond motifs is 1. The molecular weight excluding hydrogens is 482 g/mol. The molecule has 0 atom stereocenters. The minimum absolute atomic E-state index is 0.212. The van der Waals surface area contributed by atoms with E-state index < -0.39 is 0 Å². The first-order chi connectivity index (χ1) is 13.6. The lowest BCUT2D eigenvalue weighted by atomic mass is 10.1. The molecule has 1 heterocycles. The van der Waals surface area contributed by atoms with Gasteiger partial charge < -0.3 is 4.90 Å². The monoisotopic (exact) mass is 497 g/mol. The lowest BCUT2D eigenvalue weighted by molar-refractivity contribution is 0.0955. The summed E-state index contributed by atoms with van der Waals surface area (Å²) in [7, 11) is 0. The molecule has 0 radical (unpaired) electrons. The van der Waals surface area contributed by atoms with Crippen LogP contribution in [0.2, 0.25) is 0 Å². The molecular formula is C22H17Br2N3O. The summed E-state index contributed by atoms with van der Waals surface area (Å²) in [4.78, 5) is 14.7. The van der Waals surface area contributed by atoms with Gasteiger partial charge in [0.15, 0.2) is 0 Å². The molecule has 3 aromatic rings. The van der Waals surface area contributed by atoms with Gasteiger partial charge in [-0.3, -0.25) is 4.79 Å². The number of nitrogens with zero attached hydrogens (tertiary/aromatic N) is 2. The number of hydrazone groups is 1. The number of anilines is 1. The van der Waals surface area contributed by atoms with E-state index in [0.717, 1.165) is 27.6 Å². The van der Waals surface area contributed by atoms with Gasteiger partial charge >= 0.3 is 0 Å². The van der Waals surface area contributed by atoms with E-state index in [1.54, 1.807) is 6.21 Å². The van der Waals surface area contributed by atoms with Crippen molar-refractivity contribution in [3.63, 3.8) is 0 Å². The average Bonchev–Trinajstić information content (AvgIpc) is 3.12. The summed E-state index contributed by atoms with van der Waals surface area (Å²) in [5.41, 5.74) is 7.72. The van der Waals surface area contributed by atoms with E-state index >= 15 is 0 Å². The molecule has 0 aliphatic carbocycles. The third kappa shape index (κ3) is 4.34. The molecule has 0 fully saturated rings. The summed E-state index contributed by atoms with van der Waals surface area (Å²) in [6.45, 7) is 1.64. The molecule has 1 aliphatic heterocycles. The van der Waals surface area contributed by atoms with E-state index in [4.69, 9.17) is 0 Å². The predicted molar refractivity (Wildman–Crippen MR) is 120 cm³/mol. The summed E-state index contributed by atoms with van der Waals surface area (Å²) in [6.07, 6.45) is 1.63. The third-order valence-electron chi connectivity index (χ3n) is 4.61. The summed E-state index contributed by atoms with van der Waals surface area (Å²) >= 11 is 6.89.